The van der Waals surface area contributed by atoms with Gasteiger partial charge in [-0.1, -0.05) is 55.0 Å². The van der Waals surface area contributed by atoms with E-state index < -0.39 is 6.10 Å². The Kier molecular flexibility index (Phi) is 13.8. The monoisotopic (exact) mass is 393 g/mol. The van der Waals surface area contributed by atoms with Gasteiger partial charge in [0.05, 0.1) is 13.0 Å². The normalized spacial score (nSPS) is 14.3. The van der Waals surface area contributed by atoms with E-state index in [0.717, 1.165) is 24.8 Å². The van der Waals surface area contributed by atoms with Crippen molar-refractivity contribution in [1.82, 2.24) is 0 Å². The van der Waals surface area contributed by atoms with Gasteiger partial charge < -0.3 is 22.8 Å². The molecule has 0 aliphatic heterocycles. The lowest BCUT2D eigenvalue weighted by molar-refractivity contribution is -0.693. The molecule has 1 aromatic carbocycles. The van der Waals surface area contributed by atoms with Gasteiger partial charge in [0, 0.05) is 0 Å². The molecule has 0 aromatic heterocycles. The number of aliphatic hydroxyl groups is 1. The SMILES string of the molecule is CC(C)=CCCC(C)C/C=C/C(=O)CC[NH2+]C(C)C(O)c1ccccc1.[Cl-]. The molecule has 1 rings (SSSR count). The third-order valence-electron chi connectivity index (χ3n) is 4.62. The quantitative estimate of drug-likeness (QED) is 0.410. The van der Waals surface area contributed by atoms with Crippen LogP contribution >= 0.6 is 0 Å². The Labute approximate surface area is 171 Å². The van der Waals surface area contributed by atoms with Crippen LogP contribution in [0.4, 0.5) is 0 Å². The minimum absolute atomic E-state index is 0. The summed E-state index contributed by atoms with van der Waals surface area (Å²) in [4.78, 5) is 12.0. The summed E-state index contributed by atoms with van der Waals surface area (Å²) in [5.41, 5.74) is 2.29. The van der Waals surface area contributed by atoms with Crippen molar-refractivity contribution < 1.29 is 27.6 Å². The number of ketones is 1. The van der Waals surface area contributed by atoms with Crippen LogP contribution in [0.1, 0.15) is 65.0 Å². The van der Waals surface area contributed by atoms with Gasteiger partial charge in [0.2, 0.25) is 0 Å². The number of halogens is 1. The fourth-order valence-corrected chi connectivity index (χ4v) is 2.86. The molecule has 0 amide bonds. The molecule has 0 aliphatic carbocycles. The predicted molar refractivity (Wildman–Crippen MR) is 109 cm³/mol. The van der Waals surface area contributed by atoms with Crippen molar-refractivity contribution in [1.29, 1.82) is 0 Å². The molecular weight excluding hydrogens is 358 g/mol. The van der Waals surface area contributed by atoms with Gasteiger partial charge >= 0.3 is 0 Å². The van der Waals surface area contributed by atoms with Crippen LogP contribution in [0, 0.1) is 5.92 Å². The molecule has 0 spiro atoms. The highest BCUT2D eigenvalue weighted by Crippen LogP contribution is 2.14. The summed E-state index contributed by atoms with van der Waals surface area (Å²) in [6, 6.07) is 9.70. The summed E-state index contributed by atoms with van der Waals surface area (Å²) in [6.07, 6.45) is 9.23. The lowest BCUT2D eigenvalue weighted by Gasteiger charge is -2.17. The molecule has 0 radical (unpaired) electrons. The van der Waals surface area contributed by atoms with Crippen molar-refractivity contribution in [2.24, 2.45) is 5.92 Å². The molecule has 3 atom stereocenters. The van der Waals surface area contributed by atoms with E-state index >= 15 is 0 Å². The average molecular weight is 394 g/mol. The van der Waals surface area contributed by atoms with Crippen LogP contribution < -0.4 is 17.7 Å². The van der Waals surface area contributed by atoms with Crippen molar-refractivity contribution in [2.75, 3.05) is 6.54 Å². The molecule has 0 fully saturated rings. The summed E-state index contributed by atoms with van der Waals surface area (Å²) in [5.74, 6) is 0.765. The van der Waals surface area contributed by atoms with Gasteiger partial charge in [-0.05, 0) is 57.6 Å². The van der Waals surface area contributed by atoms with Gasteiger partial charge in [-0.2, -0.15) is 0 Å². The second-order valence-electron chi connectivity index (χ2n) is 7.56. The van der Waals surface area contributed by atoms with Crippen molar-refractivity contribution in [3.63, 3.8) is 0 Å². The molecule has 0 bridgehead atoms. The van der Waals surface area contributed by atoms with Gasteiger partial charge in [0.15, 0.2) is 5.78 Å². The minimum atomic E-state index is -0.511. The molecule has 0 saturated heterocycles. The molecule has 152 valence electrons. The highest BCUT2D eigenvalue weighted by atomic mass is 35.5. The first kappa shape index (κ1) is 25.6. The maximum Gasteiger partial charge on any atom is 0.160 e. The number of carbonyl (C=O) groups excluding carboxylic acids is 1. The molecule has 1 aromatic rings. The van der Waals surface area contributed by atoms with E-state index in [2.05, 4.69) is 26.8 Å². The first-order chi connectivity index (χ1) is 12.4. The first-order valence-corrected chi connectivity index (χ1v) is 9.79. The van der Waals surface area contributed by atoms with E-state index in [1.807, 2.05) is 48.6 Å². The number of aliphatic hydroxyl groups excluding tert-OH is 1. The van der Waals surface area contributed by atoms with Crippen molar-refractivity contribution in [3.8, 4) is 0 Å². The topological polar surface area (TPSA) is 53.9 Å². The van der Waals surface area contributed by atoms with E-state index in [4.69, 9.17) is 0 Å². The Morgan fingerprint density at radius 2 is 1.85 bits per heavy atom. The summed E-state index contributed by atoms with van der Waals surface area (Å²) >= 11 is 0. The Morgan fingerprint density at radius 3 is 2.48 bits per heavy atom. The highest BCUT2D eigenvalue weighted by Gasteiger charge is 2.18. The van der Waals surface area contributed by atoms with Crippen molar-refractivity contribution in [3.05, 3.63) is 59.7 Å². The molecular formula is C23H36ClNO2. The third kappa shape index (κ3) is 11.8. The molecule has 0 aliphatic rings. The van der Waals surface area contributed by atoms with Crippen LogP contribution in [0.25, 0.3) is 0 Å². The third-order valence-corrected chi connectivity index (χ3v) is 4.62. The number of hydrogen-bond acceptors (Lipinski definition) is 2. The van der Waals surface area contributed by atoms with E-state index in [1.165, 1.54) is 5.57 Å². The Hall–Kier alpha value is -1.42. The average Bonchev–Trinajstić information content (AvgIpc) is 2.61. The van der Waals surface area contributed by atoms with Crippen LogP contribution in [0.15, 0.2) is 54.1 Å². The Bertz CT molecular complexity index is 579. The number of hydrogen-bond donors (Lipinski definition) is 2. The summed E-state index contributed by atoms with van der Waals surface area (Å²) in [5, 5.41) is 12.4. The highest BCUT2D eigenvalue weighted by molar-refractivity contribution is 5.89. The molecule has 3 unspecified atom stereocenters. The van der Waals surface area contributed by atoms with Crippen LogP contribution in [-0.2, 0) is 4.79 Å². The number of rotatable bonds is 12. The van der Waals surface area contributed by atoms with Gasteiger partial charge in [-0.3, -0.25) is 4.79 Å². The van der Waals surface area contributed by atoms with Crippen molar-refractivity contribution in [2.45, 2.75) is 65.5 Å². The smallest absolute Gasteiger partial charge is 0.160 e. The van der Waals surface area contributed by atoms with Gasteiger partial charge in [-0.25, -0.2) is 0 Å². The second-order valence-corrected chi connectivity index (χ2v) is 7.56. The molecule has 3 nitrogen and oxygen atoms in total. The molecule has 27 heavy (non-hydrogen) atoms. The van der Waals surface area contributed by atoms with Gasteiger partial charge in [0.25, 0.3) is 0 Å². The van der Waals surface area contributed by atoms with Crippen LogP contribution in [0.3, 0.4) is 0 Å². The molecule has 4 heteroatoms. The summed E-state index contributed by atoms with van der Waals surface area (Å²) in [6.45, 7) is 9.17. The zero-order valence-electron chi connectivity index (χ0n) is 17.2. The lowest BCUT2D eigenvalue weighted by atomic mass is 10.0. The lowest BCUT2D eigenvalue weighted by Crippen LogP contribution is -3.00. The summed E-state index contributed by atoms with van der Waals surface area (Å²) in [7, 11) is 0. The van der Waals surface area contributed by atoms with Gasteiger partial charge in [0.1, 0.15) is 12.1 Å². The fourth-order valence-electron chi connectivity index (χ4n) is 2.86. The first-order valence-electron chi connectivity index (χ1n) is 9.79. The standard InChI is InChI=1S/C23H35NO2.ClH/c1-18(2)10-8-11-19(3)12-9-15-22(25)16-17-24-20(4)23(26)21-13-6-5-7-14-21;/h5-7,9-10,13-15,19-20,23-24,26H,8,11-12,16-17H2,1-4H3;1H/b15-9+;. The van der Waals surface area contributed by atoms with Crippen LogP contribution in [-0.4, -0.2) is 23.5 Å². The van der Waals surface area contributed by atoms with E-state index in [1.54, 1.807) is 6.08 Å². The number of quaternary nitrogens is 1. The van der Waals surface area contributed by atoms with Gasteiger partial charge in [-0.15, -0.1) is 0 Å². The molecule has 0 saturated carbocycles. The van der Waals surface area contributed by atoms with E-state index in [0.29, 0.717) is 18.9 Å². The number of nitrogens with two attached hydrogens (primary N) is 1. The Morgan fingerprint density at radius 1 is 1.19 bits per heavy atom. The zero-order chi connectivity index (χ0) is 19.4. The number of carbonyl (C=O) groups is 1. The predicted octanol–water partition coefficient (Wildman–Crippen LogP) is 0.964. The number of benzene rings is 1. The van der Waals surface area contributed by atoms with Crippen molar-refractivity contribution >= 4 is 5.78 Å². The number of allylic oxidation sites excluding steroid dienone is 4. The minimum Gasteiger partial charge on any atom is -1.00 e. The maximum atomic E-state index is 12.0. The largest absolute Gasteiger partial charge is 1.00 e. The zero-order valence-corrected chi connectivity index (χ0v) is 18.0. The Balaban J connectivity index is 0.00000676. The van der Waals surface area contributed by atoms with Crippen LogP contribution in [0.5, 0.6) is 0 Å². The van der Waals surface area contributed by atoms with Crippen LogP contribution in [0.2, 0.25) is 0 Å². The van der Waals surface area contributed by atoms with E-state index in [-0.39, 0.29) is 24.2 Å². The second kappa shape index (κ2) is 14.6. The maximum absolute atomic E-state index is 12.0. The fraction of sp³-hybridized carbons (Fsp3) is 0.522. The molecule has 3 N–H and O–H groups in total. The summed E-state index contributed by atoms with van der Waals surface area (Å²) < 4.78 is 0. The molecule has 0 heterocycles. The van der Waals surface area contributed by atoms with E-state index in [9.17, 15) is 9.90 Å².